The number of hydrogen-bond donors (Lipinski definition) is 3. The third-order valence-electron chi connectivity index (χ3n) is 1.03. The summed E-state index contributed by atoms with van der Waals surface area (Å²) in [5.74, 6) is -1.73. The normalized spacial score (nSPS) is 8.50. The van der Waals surface area contributed by atoms with Crippen LogP contribution in [0.25, 0.3) is 0 Å². The average molecular weight is 208 g/mol. The highest BCUT2D eigenvalue weighted by atomic mass is 16.5. The molecule has 0 aromatic heterocycles. The van der Waals surface area contributed by atoms with Crippen molar-refractivity contribution in [2.45, 2.75) is 19.8 Å². The summed E-state index contributed by atoms with van der Waals surface area (Å²) in [6.07, 6.45) is 1.87. The zero-order valence-corrected chi connectivity index (χ0v) is 8.10. The second-order valence-electron chi connectivity index (χ2n) is 2.28. The maximum absolute atomic E-state index is 10.2. The van der Waals surface area contributed by atoms with Gasteiger partial charge in [0.05, 0.1) is 6.61 Å². The molecule has 84 valence electrons. The minimum absolute atomic E-state index is 0.426. The number of carbonyl (C=O) groups is 2. The average Bonchev–Trinajstić information content (AvgIpc) is 2.19. The Hall–Kier alpha value is -1.14. The zero-order chi connectivity index (χ0) is 11.4. The predicted molar refractivity (Wildman–Crippen MR) is 47.7 cm³/mol. The van der Waals surface area contributed by atoms with Gasteiger partial charge in [-0.25, -0.2) is 9.59 Å². The van der Waals surface area contributed by atoms with Gasteiger partial charge in [0.25, 0.3) is 0 Å². The molecule has 0 unspecified atom stereocenters. The summed E-state index contributed by atoms with van der Waals surface area (Å²) in [4.78, 5) is 19.3. The summed E-state index contributed by atoms with van der Waals surface area (Å²) < 4.78 is 4.54. The fourth-order valence-electron chi connectivity index (χ4n) is 0.376. The monoisotopic (exact) mass is 208 g/mol. The van der Waals surface area contributed by atoms with Crippen LogP contribution in [0.15, 0.2) is 0 Å². The molecular weight excluding hydrogens is 192 g/mol. The van der Waals surface area contributed by atoms with Gasteiger partial charge in [-0.1, -0.05) is 13.3 Å². The van der Waals surface area contributed by atoms with Crippen LogP contribution in [-0.4, -0.2) is 47.1 Å². The lowest BCUT2D eigenvalue weighted by Gasteiger charge is -1.98. The summed E-state index contributed by atoms with van der Waals surface area (Å²) in [5, 5.41) is 23.2. The van der Waals surface area contributed by atoms with E-state index in [0.717, 1.165) is 12.8 Å². The van der Waals surface area contributed by atoms with Gasteiger partial charge < -0.3 is 20.1 Å². The number of ether oxygens (including phenoxy) is 1. The number of aliphatic carboxylic acids is 1. The molecule has 0 aliphatic rings. The number of aliphatic hydroxyl groups is 2. The van der Waals surface area contributed by atoms with Crippen LogP contribution < -0.4 is 0 Å². The van der Waals surface area contributed by atoms with Crippen LogP contribution in [0.2, 0.25) is 0 Å². The lowest BCUT2D eigenvalue weighted by atomic mass is 10.4. The van der Waals surface area contributed by atoms with Gasteiger partial charge in [-0.2, -0.15) is 0 Å². The molecule has 0 saturated carbocycles. The molecule has 0 rings (SSSR count). The van der Waals surface area contributed by atoms with Gasteiger partial charge in [0.1, 0.15) is 13.2 Å². The first-order valence-electron chi connectivity index (χ1n) is 4.17. The summed E-state index contributed by atoms with van der Waals surface area (Å²) in [6, 6.07) is 0. The lowest BCUT2D eigenvalue weighted by molar-refractivity contribution is -0.147. The van der Waals surface area contributed by atoms with Crippen LogP contribution in [0.5, 0.6) is 0 Å². The number of rotatable bonds is 5. The first kappa shape index (κ1) is 15.3. The second kappa shape index (κ2) is 11.9. The number of unbranched alkanes of at least 4 members (excludes halogenated alkanes) is 1. The van der Waals surface area contributed by atoms with Gasteiger partial charge in [-0.05, 0) is 6.42 Å². The second-order valence-corrected chi connectivity index (χ2v) is 2.28. The Balaban J connectivity index is 0. The Bertz CT molecular complexity index is 156. The van der Waals surface area contributed by atoms with Crippen LogP contribution in [0.1, 0.15) is 19.8 Å². The number of hydrogen-bond acceptors (Lipinski definition) is 5. The van der Waals surface area contributed by atoms with Crippen LogP contribution in [0.4, 0.5) is 0 Å². The van der Waals surface area contributed by atoms with Crippen molar-refractivity contribution in [1.82, 2.24) is 0 Å². The van der Waals surface area contributed by atoms with Gasteiger partial charge in [0.2, 0.25) is 0 Å². The van der Waals surface area contributed by atoms with Gasteiger partial charge in [0, 0.05) is 0 Å². The van der Waals surface area contributed by atoms with Gasteiger partial charge in [-0.15, -0.1) is 0 Å². The molecule has 0 saturated heterocycles. The third-order valence-corrected chi connectivity index (χ3v) is 1.03. The fourth-order valence-corrected chi connectivity index (χ4v) is 0.376. The Morgan fingerprint density at radius 2 is 1.71 bits per heavy atom. The van der Waals surface area contributed by atoms with Crippen molar-refractivity contribution in [3.63, 3.8) is 0 Å². The Kier molecular flexibility index (Phi) is 13.0. The molecular formula is C8H16O6. The molecule has 3 N–H and O–H groups in total. The van der Waals surface area contributed by atoms with E-state index in [4.69, 9.17) is 20.1 Å². The molecule has 0 bridgehead atoms. The van der Waals surface area contributed by atoms with Gasteiger partial charge in [-0.3, -0.25) is 0 Å². The molecule has 0 aliphatic heterocycles. The highest BCUT2D eigenvalue weighted by molar-refractivity contribution is 5.70. The standard InChI is InChI=1S/C6H12O3.C2H4O3/c1-2-3-4-9-6(8)5-7;3-1-2(4)5/h7H,2-5H2,1H3;3H,1H2,(H,4,5). The van der Waals surface area contributed by atoms with E-state index in [9.17, 15) is 4.79 Å². The maximum atomic E-state index is 10.2. The smallest absolute Gasteiger partial charge is 0.331 e. The molecule has 6 nitrogen and oxygen atoms in total. The topological polar surface area (TPSA) is 104 Å². The minimum Gasteiger partial charge on any atom is -0.480 e. The first-order chi connectivity index (χ1) is 6.58. The van der Waals surface area contributed by atoms with Crippen LogP contribution in [-0.2, 0) is 14.3 Å². The predicted octanol–water partition coefficient (Wildman–Crippen LogP) is -0.615. The maximum Gasteiger partial charge on any atom is 0.331 e. The highest BCUT2D eigenvalue weighted by Gasteiger charge is 1.95. The highest BCUT2D eigenvalue weighted by Crippen LogP contribution is 1.87. The number of carbonyl (C=O) groups excluding carboxylic acids is 1. The van der Waals surface area contributed by atoms with E-state index in [2.05, 4.69) is 4.74 Å². The number of aliphatic hydroxyl groups excluding tert-OH is 2. The van der Waals surface area contributed by atoms with E-state index in [1.807, 2.05) is 6.92 Å². The molecule has 0 spiro atoms. The Morgan fingerprint density at radius 3 is 2.00 bits per heavy atom. The van der Waals surface area contributed by atoms with Crippen LogP contribution in [0, 0.1) is 0 Å². The van der Waals surface area contributed by atoms with E-state index < -0.39 is 25.2 Å². The SMILES string of the molecule is CCCCOC(=O)CO.O=C(O)CO. The van der Waals surface area contributed by atoms with Crippen LogP contribution >= 0.6 is 0 Å². The number of esters is 1. The molecule has 0 amide bonds. The summed E-state index contributed by atoms with van der Waals surface area (Å²) >= 11 is 0. The summed E-state index contributed by atoms with van der Waals surface area (Å²) in [5.41, 5.74) is 0. The van der Waals surface area contributed by atoms with Crippen LogP contribution in [0.3, 0.4) is 0 Å². The van der Waals surface area contributed by atoms with Gasteiger partial charge >= 0.3 is 11.9 Å². The number of carboxylic acids is 1. The Morgan fingerprint density at radius 1 is 1.21 bits per heavy atom. The van der Waals surface area contributed by atoms with Crippen molar-refractivity contribution in [2.24, 2.45) is 0 Å². The summed E-state index contributed by atoms with van der Waals surface area (Å²) in [7, 11) is 0. The fraction of sp³-hybridized carbons (Fsp3) is 0.750. The molecule has 0 radical (unpaired) electrons. The number of carboxylic acid groups (broad SMARTS) is 1. The van der Waals surface area contributed by atoms with Gasteiger partial charge in [0.15, 0.2) is 0 Å². The zero-order valence-electron chi connectivity index (χ0n) is 8.10. The lowest BCUT2D eigenvalue weighted by Crippen LogP contribution is -2.09. The third kappa shape index (κ3) is 17.1. The van der Waals surface area contributed by atoms with Crippen molar-refractivity contribution in [1.29, 1.82) is 0 Å². The molecule has 0 aromatic carbocycles. The molecule has 0 aliphatic carbocycles. The van der Waals surface area contributed by atoms with E-state index in [0.29, 0.717) is 6.61 Å². The molecule has 0 atom stereocenters. The van der Waals surface area contributed by atoms with E-state index in [1.54, 1.807) is 0 Å². The molecule has 0 aromatic rings. The summed E-state index contributed by atoms with van der Waals surface area (Å²) in [6.45, 7) is 1.15. The Labute approximate surface area is 82.1 Å². The van der Waals surface area contributed by atoms with E-state index >= 15 is 0 Å². The van der Waals surface area contributed by atoms with Crippen molar-refractivity contribution in [3.05, 3.63) is 0 Å². The van der Waals surface area contributed by atoms with E-state index in [-0.39, 0.29) is 0 Å². The van der Waals surface area contributed by atoms with Crippen molar-refractivity contribution >= 4 is 11.9 Å². The minimum atomic E-state index is -1.19. The van der Waals surface area contributed by atoms with Crippen molar-refractivity contribution in [2.75, 3.05) is 19.8 Å². The van der Waals surface area contributed by atoms with Crippen molar-refractivity contribution < 1.29 is 29.6 Å². The van der Waals surface area contributed by atoms with E-state index in [1.165, 1.54) is 0 Å². The molecule has 6 heteroatoms. The van der Waals surface area contributed by atoms with Crippen molar-refractivity contribution in [3.8, 4) is 0 Å². The quantitative estimate of drug-likeness (QED) is 0.411. The molecule has 0 heterocycles. The largest absolute Gasteiger partial charge is 0.480 e. The molecule has 0 fully saturated rings. The first-order valence-corrected chi connectivity index (χ1v) is 4.17. The molecule has 14 heavy (non-hydrogen) atoms.